The minimum absolute atomic E-state index is 0.135. The quantitative estimate of drug-likeness (QED) is 0.527. The van der Waals surface area contributed by atoms with Gasteiger partial charge in [0.05, 0.1) is 17.1 Å². The number of esters is 1. The largest absolute Gasteiger partial charge is 0.460 e. The van der Waals surface area contributed by atoms with Crippen molar-refractivity contribution < 1.29 is 9.53 Å². The Bertz CT molecular complexity index is 1150. The topological polar surface area (TPSA) is 39.2 Å². The highest BCUT2D eigenvalue weighted by Crippen LogP contribution is 2.38. The van der Waals surface area contributed by atoms with E-state index in [2.05, 4.69) is 45.6 Å². The van der Waals surface area contributed by atoms with Gasteiger partial charge in [-0.2, -0.15) is 0 Å². The minimum Gasteiger partial charge on any atom is -0.460 e. The van der Waals surface area contributed by atoms with Crippen molar-refractivity contribution >= 4 is 22.4 Å². The van der Waals surface area contributed by atoms with Crippen LogP contribution in [-0.4, -0.2) is 17.6 Å². The molecule has 1 atom stereocenters. The molecule has 3 nitrogen and oxygen atoms in total. The Morgan fingerprint density at radius 3 is 2.65 bits per heavy atom. The molecule has 2 aliphatic rings. The van der Waals surface area contributed by atoms with Gasteiger partial charge in [0.25, 0.3) is 0 Å². The second-order valence-electron chi connectivity index (χ2n) is 8.99. The predicted octanol–water partition coefficient (Wildman–Crippen LogP) is 6.45. The highest BCUT2D eigenvalue weighted by molar-refractivity contribution is 5.91. The van der Waals surface area contributed by atoms with E-state index in [4.69, 9.17) is 9.72 Å². The summed E-state index contributed by atoms with van der Waals surface area (Å²) in [6.45, 7) is 15.0. The number of nitrogens with zero attached hydrogens (tertiary/aromatic N) is 1. The summed E-state index contributed by atoms with van der Waals surface area (Å²) < 4.78 is 5.44. The van der Waals surface area contributed by atoms with Gasteiger partial charge in [0.2, 0.25) is 0 Å². The molecule has 4 rings (SSSR count). The Morgan fingerprint density at radius 1 is 1.23 bits per heavy atom. The predicted molar refractivity (Wildman–Crippen MR) is 128 cm³/mol. The Hall–Kier alpha value is -2.68. The summed E-state index contributed by atoms with van der Waals surface area (Å²) in [5, 5.41) is 1.38. The molecule has 1 aromatic carbocycles. The summed E-state index contributed by atoms with van der Waals surface area (Å²) in [4.78, 5) is 17.6. The summed E-state index contributed by atoms with van der Waals surface area (Å²) in [5.41, 5.74) is 12.0. The van der Waals surface area contributed by atoms with E-state index in [9.17, 15) is 4.79 Å². The van der Waals surface area contributed by atoms with Crippen LogP contribution in [0, 0.1) is 12.8 Å². The van der Waals surface area contributed by atoms with Crippen molar-refractivity contribution in [2.45, 2.75) is 66.7 Å². The van der Waals surface area contributed by atoms with Gasteiger partial charge in [-0.25, -0.2) is 4.98 Å². The van der Waals surface area contributed by atoms with Crippen molar-refractivity contribution in [3.05, 3.63) is 69.5 Å². The van der Waals surface area contributed by atoms with Crippen molar-refractivity contribution in [1.29, 1.82) is 0 Å². The van der Waals surface area contributed by atoms with Gasteiger partial charge in [-0.15, -0.1) is 0 Å². The Kier molecular flexibility index (Phi) is 5.88. The molecule has 0 amide bonds. The zero-order valence-electron chi connectivity index (χ0n) is 19.5. The number of carbonyl (C=O) groups excluding carboxylic acids is 1. The van der Waals surface area contributed by atoms with Gasteiger partial charge < -0.3 is 4.74 Å². The van der Waals surface area contributed by atoms with Crippen LogP contribution in [0.1, 0.15) is 68.5 Å². The van der Waals surface area contributed by atoms with E-state index in [-0.39, 0.29) is 11.9 Å². The zero-order valence-corrected chi connectivity index (χ0v) is 19.5. The number of aromatic nitrogens is 1. The molecule has 0 radical (unpaired) electrons. The van der Waals surface area contributed by atoms with E-state index >= 15 is 0 Å². The molecule has 3 heteroatoms. The summed E-state index contributed by atoms with van der Waals surface area (Å²) >= 11 is 0. The van der Waals surface area contributed by atoms with Crippen LogP contribution in [0.25, 0.3) is 16.5 Å². The SMILES string of the molecule is C=C(C)C1=C(/C=C(\C)c2nc3ccc(C)c4c3c(c2CC)CCC4)C(CC)C(=O)OC1. The smallest absolute Gasteiger partial charge is 0.313 e. The van der Waals surface area contributed by atoms with Crippen molar-refractivity contribution in [2.75, 3.05) is 6.61 Å². The molecule has 1 aliphatic heterocycles. The highest BCUT2D eigenvalue weighted by atomic mass is 16.5. The number of benzene rings is 1. The molecule has 0 N–H and O–H groups in total. The van der Waals surface area contributed by atoms with Gasteiger partial charge in [0.1, 0.15) is 6.61 Å². The average molecular weight is 416 g/mol. The lowest BCUT2D eigenvalue weighted by atomic mass is 9.82. The fraction of sp³-hybridized carbons (Fsp3) is 0.429. The van der Waals surface area contributed by atoms with Crippen LogP contribution in [0.15, 0.2) is 41.5 Å². The summed E-state index contributed by atoms with van der Waals surface area (Å²) in [6.07, 6.45) is 7.30. The number of hydrogen-bond acceptors (Lipinski definition) is 3. The first kappa shape index (κ1) is 21.5. The Balaban J connectivity index is 1.94. The van der Waals surface area contributed by atoms with E-state index in [0.717, 1.165) is 52.8 Å². The fourth-order valence-corrected chi connectivity index (χ4v) is 5.31. The number of hydrogen-bond donors (Lipinski definition) is 0. The molecule has 0 saturated heterocycles. The van der Waals surface area contributed by atoms with Crippen molar-refractivity contribution in [3.8, 4) is 0 Å². The maximum Gasteiger partial charge on any atom is 0.313 e. The maximum absolute atomic E-state index is 12.5. The van der Waals surface area contributed by atoms with Gasteiger partial charge in [-0.3, -0.25) is 4.79 Å². The van der Waals surface area contributed by atoms with Gasteiger partial charge in [0.15, 0.2) is 0 Å². The number of rotatable bonds is 5. The monoisotopic (exact) mass is 415 g/mol. The molecule has 1 aliphatic carbocycles. The van der Waals surface area contributed by atoms with Crippen molar-refractivity contribution in [1.82, 2.24) is 4.98 Å². The van der Waals surface area contributed by atoms with Gasteiger partial charge in [-0.05, 0) is 97.9 Å². The van der Waals surface area contributed by atoms with Gasteiger partial charge >= 0.3 is 5.97 Å². The first-order valence-corrected chi connectivity index (χ1v) is 11.5. The number of allylic oxidation sites excluding steroid dienone is 2. The molecule has 0 bridgehead atoms. The third-order valence-corrected chi connectivity index (χ3v) is 6.95. The highest BCUT2D eigenvalue weighted by Gasteiger charge is 2.30. The van der Waals surface area contributed by atoms with Crippen molar-refractivity contribution in [3.63, 3.8) is 0 Å². The van der Waals surface area contributed by atoms with Crippen LogP contribution in [-0.2, 0) is 28.8 Å². The van der Waals surface area contributed by atoms with Crippen LogP contribution in [0.4, 0.5) is 0 Å². The number of pyridine rings is 1. The number of aryl methyl sites for hydroxylation is 3. The number of ether oxygens (including phenoxy) is 1. The lowest BCUT2D eigenvalue weighted by molar-refractivity contribution is -0.147. The molecule has 0 spiro atoms. The third kappa shape index (κ3) is 3.64. The van der Waals surface area contributed by atoms with Crippen LogP contribution in [0.3, 0.4) is 0 Å². The van der Waals surface area contributed by atoms with E-state index < -0.39 is 0 Å². The first-order chi connectivity index (χ1) is 14.9. The molecule has 162 valence electrons. The van der Waals surface area contributed by atoms with E-state index in [0.29, 0.717) is 13.0 Å². The van der Waals surface area contributed by atoms with Crippen LogP contribution >= 0.6 is 0 Å². The molecule has 31 heavy (non-hydrogen) atoms. The molecular formula is C28H33NO2. The van der Waals surface area contributed by atoms with E-state index in [1.165, 1.54) is 34.1 Å². The lowest BCUT2D eigenvalue weighted by Crippen LogP contribution is -2.27. The normalized spacial score (nSPS) is 19.1. The zero-order chi connectivity index (χ0) is 22.3. The summed E-state index contributed by atoms with van der Waals surface area (Å²) in [7, 11) is 0. The molecular weight excluding hydrogens is 382 g/mol. The molecule has 2 aromatic rings. The third-order valence-electron chi connectivity index (χ3n) is 6.95. The first-order valence-electron chi connectivity index (χ1n) is 11.5. The van der Waals surface area contributed by atoms with Crippen LogP contribution in [0.2, 0.25) is 0 Å². The average Bonchev–Trinajstić information content (AvgIpc) is 2.75. The molecule has 0 fully saturated rings. The molecule has 0 saturated carbocycles. The second kappa shape index (κ2) is 8.45. The number of cyclic esters (lactones) is 1. The lowest BCUT2D eigenvalue weighted by Gasteiger charge is -2.27. The van der Waals surface area contributed by atoms with Crippen LogP contribution in [0.5, 0.6) is 0 Å². The summed E-state index contributed by atoms with van der Waals surface area (Å²) in [6, 6.07) is 4.38. The van der Waals surface area contributed by atoms with Gasteiger partial charge in [0, 0.05) is 5.39 Å². The maximum atomic E-state index is 12.5. The van der Waals surface area contributed by atoms with E-state index in [1.54, 1.807) is 0 Å². The molecule has 1 unspecified atom stereocenters. The fourth-order valence-electron chi connectivity index (χ4n) is 5.31. The standard InChI is InChI=1S/C28H33NO2/c1-7-19-22-11-9-10-21-17(5)12-13-25(26(21)22)29-27(19)18(6)14-23-20(8-2)28(30)31-15-24(23)16(3)4/h12-14,20H,3,7-11,15H2,1-2,4-6H3/b18-14+. The second-order valence-corrected chi connectivity index (χ2v) is 8.99. The molecule has 2 heterocycles. The van der Waals surface area contributed by atoms with Crippen molar-refractivity contribution in [2.24, 2.45) is 5.92 Å². The van der Waals surface area contributed by atoms with Gasteiger partial charge in [-0.1, -0.05) is 38.1 Å². The summed E-state index contributed by atoms with van der Waals surface area (Å²) in [5.74, 6) is -0.377. The van der Waals surface area contributed by atoms with E-state index in [1.807, 2.05) is 13.8 Å². The van der Waals surface area contributed by atoms with Crippen LogP contribution < -0.4 is 0 Å². The molecule has 1 aromatic heterocycles. The number of carbonyl (C=O) groups is 1. The Labute approximate surface area is 185 Å². The minimum atomic E-state index is -0.242. The Morgan fingerprint density at radius 2 is 1.97 bits per heavy atom.